The van der Waals surface area contributed by atoms with E-state index in [1.807, 2.05) is 32.0 Å². The van der Waals surface area contributed by atoms with E-state index in [0.29, 0.717) is 0 Å². The Morgan fingerprint density at radius 1 is 1.07 bits per heavy atom. The Morgan fingerprint density at radius 2 is 1.68 bits per heavy atom. The number of carbonyl (C=O) groups excluding carboxylic acids is 1. The Balaban J connectivity index is 2.17. The number of alkyl halides is 3. The van der Waals surface area contributed by atoms with Crippen molar-refractivity contribution in [1.82, 2.24) is 0 Å². The van der Waals surface area contributed by atoms with Gasteiger partial charge in [0.1, 0.15) is 0 Å². The minimum atomic E-state index is -4.53. The van der Waals surface area contributed by atoms with E-state index in [1.165, 1.54) is 19.1 Å². The van der Waals surface area contributed by atoms with Crippen molar-refractivity contribution in [2.45, 2.75) is 33.4 Å². The fraction of sp³-hybridized carbons (Fsp3) is 0.333. The molecule has 4 nitrogen and oxygen atoms in total. The lowest BCUT2D eigenvalue weighted by Crippen LogP contribution is -2.33. The Morgan fingerprint density at radius 3 is 2.21 bits per heavy atom. The Labute approximate surface area is 161 Å². The van der Waals surface area contributed by atoms with Gasteiger partial charge < -0.3 is 10.4 Å². The molecule has 0 heterocycles. The molecule has 0 aliphatic rings. The molecule has 150 valence electrons. The monoisotopic (exact) mass is 393 g/mol. The van der Waals surface area contributed by atoms with Gasteiger partial charge in [-0.25, -0.2) is 0 Å². The van der Waals surface area contributed by atoms with Crippen LogP contribution in [0.3, 0.4) is 0 Å². The zero-order valence-electron chi connectivity index (χ0n) is 15.8. The molecule has 2 atom stereocenters. The number of rotatable bonds is 6. The summed E-state index contributed by atoms with van der Waals surface area (Å²) < 4.78 is 38.4. The van der Waals surface area contributed by atoms with E-state index in [4.69, 9.17) is 0 Å². The lowest BCUT2D eigenvalue weighted by atomic mass is 9.86. The van der Waals surface area contributed by atoms with Crippen molar-refractivity contribution < 1.29 is 27.9 Å². The van der Waals surface area contributed by atoms with E-state index >= 15 is 0 Å². The fourth-order valence-electron chi connectivity index (χ4n) is 3.13. The van der Waals surface area contributed by atoms with Crippen LogP contribution in [-0.4, -0.2) is 17.0 Å². The number of amides is 1. The minimum absolute atomic E-state index is 0.0257. The molecule has 0 saturated heterocycles. The summed E-state index contributed by atoms with van der Waals surface area (Å²) >= 11 is 0. The van der Waals surface area contributed by atoms with Gasteiger partial charge in [0.15, 0.2) is 0 Å². The Bertz CT molecular complexity index is 857. The number of halogens is 3. The smallest absolute Gasteiger partial charge is 0.416 e. The van der Waals surface area contributed by atoms with E-state index < -0.39 is 35.5 Å². The lowest BCUT2D eigenvalue weighted by Gasteiger charge is -2.20. The highest BCUT2D eigenvalue weighted by molar-refractivity contribution is 5.95. The second kappa shape index (κ2) is 8.46. The molecular weight excluding hydrogens is 371 g/mol. The van der Waals surface area contributed by atoms with Crippen molar-refractivity contribution in [2.75, 3.05) is 5.32 Å². The first-order chi connectivity index (χ1) is 13.0. The molecule has 2 N–H and O–H groups in total. The average Bonchev–Trinajstić information content (AvgIpc) is 2.57. The largest absolute Gasteiger partial charge is 0.481 e. The summed E-state index contributed by atoms with van der Waals surface area (Å²) in [6, 6.07) is 9.93. The van der Waals surface area contributed by atoms with E-state index in [0.717, 1.165) is 28.8 Å². The predicted octanol–water partition coefficient (Wildman–Crippen LogP) is 4.84. The van der Waals surface area contributed by atoms with Gasteiger partial charge in [0, 0.05) is 11.6 Å². The van der Waals surface area contributed by atoms with Crippen LogP contribution in [0, 0.1) is 25.7 Å². The molecule has 0 aromatic heterocycles. The van der Waals surface area contributed by atoms with Gasteiger partial charge in [0.2, 0.25) is 5.91 Å². The Kier molecular flexibility index (Phi) is 6.48. The van der Waals surface area contributed by atoms with Crippen LogP contribution in [0.5, 0.6) is 0 Å². The van der Waals surface area contributed by atoms with E-state index in [2.05, 4.69) is 5.32 Å². The maximum absolute atomic E-state index is 12.8. The summed E-state index contributed by atoms with van der Waals surface area (Å²) in [7, 11) is 0. The maximum atomic E-state index is 12.8. The zero-order chi connectivity index (χ0) is 21.1. The lowest BCUT2D eigenvalue weighted by molar-refractivity contribution is -0.145. The summed E-state index contributed by atoms with van der Waals surface area (Å²) in [6.45, 7) is 5.26. The van der Waals surface area contributed by atoms with E-state index in [9.17, 15) is 27.9 Å². The number of anilines is 1. The van der Waals surface area contributed by atoms with Crippen molar-refractivity contribution in [3.05, 3.63) is 64.7 Å². The molecule has 0 spiro atoms. The first kappa shape index (κ1) is 21.5. The minimum Gasteiger partial charge on any atom is -0.481 e. The number of hydrogen-bond acceptors (Lipinski definition) is 2. The summed E-state index contributed by atoms with van der Waals surface area (Å²) in [5.41, 5.74) is 1.86. The van der Waals surface area contributed by atoms with Crippen molar-refractivity contribution in [1.29, 1.82) is 0 Å². The number of benzene rings is 2. The first-order valence-electron chi connectivity index (χ1n) is 8.75. The third-order valence-electron chi connectivity index (χ3n) is 4.53. The topological polar surface area (TPSA) is 66.4 Å². The second-order valence-corrected chi connectivity index (χ2v) is 7.00. The maximum Gasteiger partial charge on any atom is 0.416 e. The molecule has 2 rings (SSSR count). The Hall–Kier alpha value is -2.83. The van der Waals surface area contributed by atoms with Crippen LogP contribution in [0.2, 0.25) is 0 Å². The number of nitrogens with one attached hydrogen (secondary N) is 1. The normalized spacial score (nSPS) is 13.6. The van der Waals surface area contributed by atoms with Gasteiger partial charge in [0.25, 0.3) is 0 Å². The molecule has 7 heteroatoms. The van der Waals surface area contributed by atoms with Gasteiger partial charge in [0.05, 0.1) is 11.5 Å². The fourth-order valence-corrected chi connectivity index (χ4v) is 3.13. The second-order valence-electron chi connectivity index (χ2n) is 7.00. The third kappa shape index (κ3) is 5.58. The average molecular weight is 393 g/mol. The summed E-state index contributed by atoms with van der Waals surface area (Å²) in [6.07, 6.45) is -4.38. The van der Waals surface area contributed by atoms with Crippen LogP contribution in [0.1, 0.15) is 29.2 Å². The highest BCUT2D eigenvalue weighted by Crippen LogP contribution is 2.31. The van der Waals surface area contributed by atoms with Gasteiger partial charge >= 0.3 is 12.1 Å². The summed E-state index contributed by atoms with van der Waals surface area (Å²) in [4.78, 5) is 24.2. The first-order valence-corrected chi connectivity index (χ1v) is 8.75. The summed E-state index contributed by atoms with van der Waals surface area (Å²) in [5, 5.41) is 12.0. The van der Waals surface area contributed by atoms with Gasteiger partial charge in [-0.1, -0.05) is 42.3 Å². The number of carboxylic acid groups (broad SMARTS) is 1. The quantitative estimate of drug-likeness (QED) is 0.738. The standard InChI is InChI=1S/C21H22F3NO3/c1-12-7-13(2)9-15(8-12)10-18(20(27)28)14(3)19(26)25-17-6-4-5-16(11-17)21(22,23)24/h4-9,11,14,18H,10H2,1-3H3,(H,25,26)(H,27,28). The van der Waals surface area contributed by atoms with Crippen molar-refractivity contribution in [3.8, 4) is 0 Å². The van der Waals surface area contributed by atoms with E-state index in [1.54, 1.807) is 0 Å². The van der Waals surface area contributed by atoms with Gasteiger partial charge in [-0.05, 0) is 44.0 Å². The van der Waals surface area contributed by atoms with Gasteiger partial charge in [-0.2, -0.15) is 13.2 Å². The predicted molar refractivity (Wildman–Crippen MR) is 100.0 cm³/mol. The molecule has 0 radical (unpaired) electrons. The van der Waals surface area contributed by atoms with Crippen LogP contribution in [0.15, 0.2) is 42.5 Å². The number of aryl methyl sites for hydroxylation is 2. The number of carboxylic acids is 1. The number of carbonyl (C=O) groups is 2. The van der Waals surface area contributed by atoms with Crippen LogP contribution < -0.4 is 5.32 Å². The van der Waals surface area contributed by atoms with Gasteiger partial charge in [-0.15, -0.1) is 0 Å². The highest BCUT2D eigenvalue weighted by atomic mass is 19.4. The number of aliphatic carboxylic acids is 1. The van der Waals surface area contributed by atoms with Crippen LogP contribution in [0.4, 0.5) is 18.9 Å². The number of hydrogen-bond donors (Lipinski definition) is 2. The SMILES string of the molecule is Cc1cc(C)cc(CC(C(=O)O)C(C)C(=O)Nc2cccc(C(F)(F)F)c2)c1. The third-order valence-corrected chi connectivity index (χ3v) is 4.53. The molecule has 0 fully saturated rings. The van der Waals surface area contributed by atoms with Crippen LogP contribution in [-0.2, 0) is 22.2 Å². The molecule has 2 aromatic carbocycles. The van der Waals surface area contributed by atoms with E-state index in [-0.39, 0.29) is 12.1 Å². The van der Waals surface area contributed by atoms with Crippen molar-refractivity contribution in [3.63, 3.8) is 0 Å². The van der Waals surface area contributed by atoms with Crippen molar-refractivity contribution >= 4 is 17.6 Å². The van der Waals surface area contributed by atoms with Crippen LogP contribution in [0.25, 0.3) is 0 Å². The van der Waals surface area contributed by atoms with Crippen LogP contribution >= 0.6 is 0 Å². The molecular formula is C21H22F3NO3. The molecule has 2 aromatic rings. The molecule has 0 bridgehead atoms. The van der Waals surface area contributed by atoms with Crippen molar-refractivity contribution in [2.24, 2.45) is 11.8 Å². The molecule has 28 heavy (non-hydrogen) atoms. The summed E-state index contributed by atoms with van der Waals surface area (Å²) in [5.74, 6) is -3.72. The van der Waals surface area contributed by atoms with Gasteiger partial charge in [-0.3, -0.25) is 9.59 Å². The molecule has 0 aliphatic heterocycles. The molecule has 0 aliphatic carbocycles. The zero-order valence-corrected chi connectivity index (χ0v) is 15.8. The molecule has 0 saturated carbocycles. The molecule has 2 unspecified atom stereocenters. The molecule has 1 amide bonds. The highest BCUT2D eigenvalue weighted by Gasteiger charge is 2.32.